The number of benzene rings is 3. The van der Waals surface area contributed by atoms with Gasteiger partial charge in [0.25, 0.3) is 10.0 Å². The second kappa shape index (κ2) is 9.42. The van der Waals surface area contributed by atoms with Gasteiger partial charge in [-0.05, 0) is 60.5 Å². The Morgan fingerprint density at radius 2 is 1.50 bits per heavy atom. The maximum atomic E-state index is 12.9. The van der Waals surface area contributed by atoms with Gasteiger partial charge in [0, 0.05) is 11.6 Å². The molecule has 0 aliphatic carbocycles. The lowest BCUT2D eigenvalue weighted by Gasteiger charge is -2.14. The summed E-state index contributed by atoms with van der Waals surface area (Å²) in [6, 6.07) is 21.0. The number of fused-ring (bicyclic) bond motifs is 1. The first-order valence-corrected chi connectivity index (χ1v) is 11.7. The van der Waals surface area contributed by atoms with E-state index in [-0.39, 0.29) is 10.7 Å². The topological polar surface area (TPSA) is 93.2 Å². The molecule has 0 unspecified atom stereocenters. The number of nitrogens with zero attached hydrogens (tertiary/aromatic N) is 2. The molecule has 0 saturated heterocycles. The van der Waals surface area contributed by atoms with Gasteiger partial charge < -0.3 is 10.1 Å². The zero-order valence-corrected chi connectivity index (χ0v) is 18.8. The predicted octanol–water partition coefficient (Wildman–Crippen LogP) is 4.75. The highest BCUT2D eigenvalue weighted by Crippen LogP contribution is 2.25. The summed E-state index contributed by atoms with van der Waals surface area (Å²) in [6.45, 7) is 0.537. The van der Waals surface area contributed by atoms with E-state index >= 15 is 0 Å². The molecule has 0 radical (unpaired) electrons. The third-order valence-electron chi connectivity index (χ3n) is 4.79. The van der Waals surface area contributed by atoms with Gasteiger partial charge in [0.05, 0.1) is 23.0 Å². The number of sulfonamides is 1. The van der Waals surface area contributed by atoms with Crippen LogP contribution < -0.4 is 14.8 Å². The third-order valence-corrected chi connectivity index (χ3v) is 6.40. The Bertz CT molecular complexity index is 1330. The molecule has 0 saturated carbocycles. The molecule has 0 aliphatic heterocycles. The quantitative estimate of drug-likeness (QED) is 0.387. The molecular formula is C23H21ClN4O3S. The Hall–Kier alpha value is -3.36. The van der Waals surface area contributed by atoms with Crippen molar-refractivity contribution in [2.24, 2.45) is 0 Å². The number of hydrogen-bond acceptors (Lipinski definition) is 6. The maximum absolute atomic E-state index is 12.9. The fourth-order valence-corrected chi connectivity index (χ4v) is 4.25. The van der Waals surface area contributed by atoms with Crippen LogP contribution in [0.1, 0.15) is 5.56 Å². The molecule has 0 amide bonds. The molecule has 0 aliphatic rings. The zero-order chi connectivity index (χ0) is 22.6. The Labute approximate surface area is 191 Å². The van der Waals surface area contributed by atoms with E-state index < -0.39 is 10.0 Å². The number of anilines is 2. The third kappa shape index (κ3) is 5.09. The van der Waals surface area contributed by atoms with Crippen molar-refractivity contribution in [3.05, 3.63) is 83.4 Å². The van der Waals surface area contributed by atoms with Crippen LogP contribution in [0.15, 0.2) is 77.7 Å². The fraction of sp³-hybridized carbons (Fsp3) is 0.130. The molecule has 0 spiro atoms. The van der Waals surface area contributed by atoms with Crippen molar-refractivity contribution in [3.63, 3.8) is 0 Å². The van der Waals surface area contributed by atoms with Crippen LogP contribution in [0.2, 0.25) is 5.02 Å². The van der Waals surface area contributed by atoms with E-state index in [1.807, 2.05) is 42.5 Å². The van der Waals surface area contributed by atoms with E-state index in [2.05, 4.69) is 20.0 Å². The van der Waals surface area contributed by atoms with Crippen molar-refractivity contribution in [1.29, 1.82) is 0 Å². The van der Waals surface area contributed by atoms with Crippen LogP contribution in [0.4, 0.5) is 11.6 Å². The zero-order valence-electron chi connectivity index (χ0n) is 17.2. The van der Waals surface area contributed by atoms with E-state index in [1.165, 1.54) is 24.3 Å². The van der Waals surface area contributed by atoms with Crippen molar-refractivity contribution in [3.8, 4) is 5.75 Å². The van der Waals surface area contributed by atoms with Crippen LogP contribution in [-0.4, -0.2) is 32.0 Å². The number of para-hydroxylation sites is 2. The molecule has 0 atom stereocenters. The van der Waals surface area contributed by atoms with Gasteiger partial charge in [0.1, 0.15) is 5.75 Å². The number of hydrogen-bond donors (Lipinski definition) is 2. The van der Waals surface area contributed by atoms with Crippen molar-refractivity contribution >= 4 is 44.3 Å². The SMILES string of the molecule is COc1ccc(CCNc2nc3ccccc3nc2NS(=O)(=O)c2ccc(Cl)cc2)cc1. The smallest absolute Gasteiger partial charge is 0.263 e. The highest BCUT2D eigenvalue weighted by Gasteiger charge is 2.18. The van der Waals surface area contributed by atoms with E-state index in [4.69, 9.17) is 16.3 Å². The molecule has 4 rings (SSSR count). The van der Waals surface area contributed by atoms with E-state index in [1.54, 1.807) is 13.2 Å². The molecule has 4 aromatic rings. The molecule has 1 aromatic heterocycles. The van der Waals surface area contributed by atoms with Crippen molar-refractivity contribution < 1.29 is 13.2 Å². The minimum absolute atomic E-state index is 0.0843. The summed E-state index contributed by atoms with van der Waals surface area (Å²) in [4.78, 5) is 9.16. The van der Waals surface area contributed by atoms with Crippen molar-refractivity contribution in [2.75, 3.05) is 23.7 Å². The first-order valence-electron chi connectivity index (χ1n) is 9.86. The lowest BCUT2D eigenvalue weighted by Crippen LogP contribution is -2.17. The summed E-state index contributed by atoms with van der Waals surface area (Å²) >= 11 is 5.88. The van der Waals surface area contributed by atoms with E-state index in [0.29, 0.717) is 34.8 Å². The predicted molar refractivity (Wildman–Crippen MR) is 127 cm³/mol. The number of rotatable bonds is 8. The number of aromatic nitrogens is 2. The molecule has 1 heterocycles. The first kappa shape index (κ1) is 21.9. The van der Waals surface area contributed by atoms with Crippen molar-refractivity contribution in [2.45, 2.75) is 11.3 Å². The summed E-state index contributed by atoms with van der Waals surface area (Å²) in [5.74, 6) is 1.28. The highest BCUT2D eigenvalue weighted by molar-refractivity contribution is 7.92. The van der Waals surface area contributed by atoms with Gasteiger partial charge in [-0.3, -0.25) is 4.72 Å². The summed E-state index contributed by atoms with van der Waals surface area (Å²) in [7, 11) is -2.24. The van der Waals surface area contributed by atoms with Gasteiger partial charge in [0.15, 0.2) is 11.6 Å². The van der Waals surface area contributed by atoms with Gasteiger partial charge in [-0.15, -0.1) is 0 Å². The van der Waals surface area contributed by atoms with Crippen LogP contribution in [0, 0.1) is 0 Å². The van der Waals surface area contributed by atoms with Crippen LogP contribution in [0.3, 0.4) is 0 Å². The molecule has 0 fully saturated rings. The van der Waals surface area contributed by atoms with E-state index in [9.17, 15) is 8.42 Å². The van der Waals surface area contributed by atoms with Crippen LogP contribution in [-0.2, 0) is 16.4 Å². The van der Waals surface area contributed by atoms with Crippen LogP contribution in [0.5, 0.6) is 5.75 Å². The second-order valence-electron chi connectivity index (χ2n) is 6.99. The second-order valence-corrected chi connectivity index (χ2v) is 9.11. The summed E-state index contributed by atoms with van der Waals surface area (Å²) < 4.78 is 33.5. The summed E-state index contributed by atoms with van der Waals surface area (Å²) in [5.41, 5.74) is 2.35. The molecular weight excluding hydrogens is 448 g/mol. The Balaban J connectivity index is 1.59. The summed E-state index contributed by atoms with van der Waals surface area (Å²) in [5, 5.41) is 3.67. The molecule has 32 heavy (non-hydrogen) atoms. The van der Waals surface area contributed by atoms with Crippen LogP contribution in [0.25, 0.3) is 11.0 Å². The van der Waals surface area contributed by atoms with Crippen molar-refractivity contribution in [1.82, 2.24) is 9.97 Å². The average Bonchev–Trinajstić information content (AvgIpc) is 2.80. The Morgan fingerprint density at radius 3 is 2.12 bits per heavy atom. The van der Waals surface area contributed by atoms with Gasteiger partial charge >= 0.3 is 0 Å². The number of methoxy groups -OCH3 is 1. The lowest BCUT2D eigenvalue weighted by molar-refractivity contribution is 0.414. The molecule has 9 heteroatoms. The summed E-state index contributed by atoms with van der Waals surface area (Å²) in [6.07, 6.45) is 0.710. The molecule has 3 aromatic carbocycles. The minimum Gasteiger partial charge on any atom is -0.497 e. The number of nitrogens with one attached hydrogen (secondary N) is 2. The Kier molecular flexibility index (Phi) is 6.43. The van der Waals surface area contributed by atoms with Gasteiger partial charge in [-0.25, -0.2) is 18.4 Å². The van der Waals surface area contributed by atoms with Crippen LogP contribution >= 0.6 is 11.6 Å². The molecule has 164 valence electrons. The standard InChI is InChI=1S/C23H21ClN4O3S/c1-31-18-10-6-16(7-11-18)14-15-25-22-23(27-21-5-3-2-4-20(21)26-22)28-32(29,30)19-12-8-17(24)9-13-19/h2-13H,14-15H2,1H3,(H,25,26)(H,27,28). The minimum atomic E-state index is -3.87. The average molecular weight is 469 g/mol. The first-order chi connectivity index (χ1) is 15.4. The van der Waals surface area contributed by atoms with Gasteiger partial charge in [-0.2, -0.15) is 0 Å². The Morgan fingerprint density at radius 1 is 0.875 bits per heavy atom. The fourth-order valence-electron chi connectivity index (χ4n) is 3.11. The van der Waals surface area contributed by atoms with Gasteiger partial charge in [0.2, 0.25) is 0 Å². The maximum Gasteiger partial charge on any atom is 0.263 e. The molecule has 7 nitrogen and oxygen atoms in total. The molecule has 2 N–H and O–H groups in total. The molecule has 0 bridgehead atoms. The highest BCUT2D eigenvalue weighted by atomic mass is 35.5. The number of halogens is 1. The largest absolute Gasteiger partial charge is 0.497 e. The van der Waals surface area contributed by atoms with E-state index in [0.717, 1.165) is 11.3 Å². The number of ether oxygens (including phenoxy) is 1. The lowest BCUT2D eigenvalue weighted by atomic mass is 10.1. The monoisotopic (exact) mass is 468 g/mol. The normalized spacial score (nSPS) is 11.3. The van der Waals surface area contributed by atoms with Gasteiger partial charge in [-0.1, -0.05) is 35.9 Å².